The number of hydrogen-bond acceptors (Lipinski definition) is 7. The van der Waals surface area contributed by atoms with Gasteiger partial charge in [-0.25, -0.2) is 4.39 Å². The minimum atomic E-state index is -0.556. The first kappa shape index (κ1) is 20.1. The normalized spacial score (nSPS) is 14.8. The first-order valence-corrected chi connectivity index (χ1v) is 9.35. The van der Waals surface area contributed by atoms with Crippen LogP contribution in [0, 0.1) is 5.82 Å². The van der Waals surface area contributed by atoms with Crippen molar-refractivity contribution >= 4 is 46.5 Å². The highest BCUT2D eigenvalue weighted by molar-refractivity contribution is 8.01. The van der Waals surface area contributed by atoms with Gasteiger partial charge in [0.25, 0.3) is 5.91 Å². The molecule has 1 aliphatic rings. The fourth-order valence-electron chi connectivity index (χ4n) is 2.22. The van der Waals surface area contributed by atoms with Crippen molar-refractivity contribution in [3.8, 4) is 0 Å². The van der Waals surface area contributed by atoms with Crippen LogP contribution in [0.1, 0.15) is 10.4 Å². The molecule has 0 unspecified atom stereocenters. The average molecular weight is 405 g/mol. The molecule has 0 bridgehead atoms. The van der Waals surface area contributed by atoms with Crippen molar-refractivity contribution in [1.82, 2.24) is 15.1 Å². The van der Waals surface area contributed by atoms with Crippen molar-refractivity contribution < 1.29 is 13.9 Å². The van der Waals surface area contributed by atoms with Gasteiger partial charge in [0, 0.05) is 25.4 Å². The molecule has 136 valence electrons. The van der Waals surface area contributed by atoms with Crippen molar-refractivity contribution in [2.24, 2.45) is 0 Å². The highest BCUT2D eigenvalue weighted by Gasteiger charge is 2.14. The Morgan fingerprint density at radius 1 is 1.32 bits per heavy atom. The fraction of sp³-hybridized carbons (Fsp3) is 0.400. The van der Waals surface area contributed by atoms with E-state index in [2.05, 4.69) is 20.4 Å². The van der Waals surface area contributed by atoms with Gasteiger partial charge >= 0.3 is 0 Å². The lowest BCUT2D eigenvalue weighted by molar-refractivity contribution is 0.0410. The molecule has 0 radical (unpaired) electrons. The molecule has 0 saturated carbocycles. The summed E-state index contributed by atoms with van der Waals surface area (Å²) in [6.45, 7) is 4.46. The van der Waals surface area contributed by atoms with Gasteiger partial charge in [0.1, 0.15) is 5.82 Å². The van der Waals surface area contributed by atoms with E-state index in [1.807, 2.05) is 0 Å². The second-order valence-electron chi connectivity index (χ2n) is 5.11. The van der Waals surface area contributed by atoms with Gasteiger partial charge in [0.05, 0.1) is 18.8 Å². The summed E-state index contributed by atoms with van der Waals surface area (Å²) in [5.41, 5.74) is -0.00535. The lowest BCUT2D eigenvalue weighted by Gasteiger charge is -2.25. The number of halogens is 2. The van der Waals surface area contributed by atoms with Crippen LogP contribution >= 0.6 is 35.5 Å². The molecule has 1 N–H and O–H groups in total. The van der Waals surface area contributed by atoms with Crippen LogP contribution in [0.2, 0.25) is 0 Å². The number of nitrogens with zero attached hydrogens (tertiary/aromatic N) is 3. The first-order chi connectivity index (χ1) is 11.7. The summed E-state index contributed by atoms with van der Waals surface area (Å²) in [7, 11) is 0. The summed E-state index contributed by atoms with van der Waals surface area (Å²) >= 11 is 2.89. The van der Waals surface area contributed by atoms with Gasteiger partial charge in [-0.05, 0) is 12.1 Å². The number of ether oxygens (including phenoxy) is 1. The Bertz CT molecular complexity index is 698. The van der Waals surface area contributed by atoms with Gasteiger partial charge in [0.15, 0.2) is 4.34 Å². The summed E-state index contributed by atoms with van der Waals surface area (Å²) in [6, 6.07) is 5.84. The minimum absolute atomic E-state index is 0. The van der Waals surface area contributed by atoms with Crippen molar-refractivity contribution in [1.29, 1.82) is 0 Å². The van der Waals surface area contributed by atoms with Crippen LogP contribution in [-0.2, 0) is 4.74 Å². The molecule has 2 heterocycles. The van der Waals surface area contributed by atoms with E-state index < -0.39 is 11.7 Å². The standard InChI is InChI=1S/C15H17FN4O2S2.ClH/c16-12-4-2-1-3-11(12)13(21)17-14-18-19-15(24-14)23-10-7-20-5-8-22-9-6-20;/h1-4H,5-10H2,(H,17,18,21);1H. The SMILES string of the molecule is Cl.O=C(Nc1nnc(SCCN2CCOCC2)s1)c1ccccc1F. The molecule has 1 fully saturated rings. The Morgan fingerprint density at radius 2 is 2.08 bits per heavy atom. The number of carbonyl (C=O) groups excluding carboxylic acids is 1. The Balaban J connectivity index is 0.00000225. The summed E-state index contributed by atoms with van der Waals surface area (Å²) in [6.07, 6.45) is 0. The van der Waals surface area contributed by atoms with Crippen LogP contribution in [0.5, 0.6) is 0 Å². The van der Waals surface area contributed by atoms with Gasteiger partial charge in [-0.2, -0.15) is 0 Å². The lowest BCUT2D eigenvalue weighted by atomic mass is 10.2. The van der Waals surface area contributed by atoms with Crippen molar-refractivity contribution in [2.75, 3.05) is 43.9 Å². The van der Waals surface area contributed by atoms with E-state index in [1.165, 1.54) is 23.5 Å². The Morgan fingerprint density at radius 3 is 2.84 bits per heavy atom. The summed E-state index contributed by atoms with van der Waals surface area (Å²) in [5, 5.41) is 10.9. The van der Waals surface area contributed by atoms with Crippen molar-refractivity contribution in [3.05, 3.63) is 35.6 Å². The first-order valence-electron chi connectivity index (χ1n) is 7.54. The molecule has 6 nitrogen and oxygen atoms in total. The van der Waals surface area contributed by atoms with E-state index in [1.54, 1.807) is 23.9 Å². The molecule has 1 aromatic heterocycles. The molecular formula is C15H18ClFN4O2S2. The third-order valence-corrected chi connectivity index (χ3v) is 5.43. The van der Waals surface area contributed by atoms with Crippen LogP contribution < -0.4 is 5.32 Å². The number of nitrogens with one attached hydrogen (secondary N) is 1. The number of carbonyl (C=O) groups is 1. The van der Waals surface area contributed by atoms with Gasteiger partial charge in [-0.3, -0.25) is 15.0 Å². The van der Waals surface area contributed by atoms with Crippen LogP contribution in [-0.4, -0.2) is 59.6 Å². The molecule has 0 atom stereocenters. The zero-order valence-electron chi connectivity index (χ0n) is 13.3. The monoisotopic (exact) mass is 404 g/mol. The molecule has 10 heteroatoms. The lowest BCUT2D eigenvalue weighted by Crippen LogP contribution is -2.37. The van der Waals surface area contributed by atoms with Crippen molar-refractivity contribution in [2.45, 2.75) is 4.34 Å². The van der Waals surface area contributed by atoms with E-state index in [-0.39, 0.29) is 18.0 Å². The molecule has 1 aromatic carbocycles. The molecule has 3 rings (SSSR count). The zero-order chi connectivity index (χ0) is 16.8. The number of anilines is 1. The largest absolute Gasteiger partial charge is 0.379 e. The number of aromatic nitrogens is 2. The smallest absolute Gasteiger partial charge is 0.260 e. The maximum Gasteiger partial charge on any atom is 0.260 e. The molecule has 0 spiro atoms. The van der Waals surface area contributed by atoms with Crippen LogP contribution in [0.4, 0.5) is 9.52 Å². The quantitative estimate of drug-likeness (QED) is 0.590. The van der Waals surface area contributed by atoms with Gasteiger partial charge in [-0.15, -0.1) is 22.6 Å². The minimum Gasteiger partial charge on any atom is -0.379 e. The number of amides is 1. The molecular weight excluding hydrogens is 387 g/mol. The maximum atomic E-state index is 13.6. The third kappa shape index (κ3) is 5.89. The molecule has 1 aliphatic heterocycles. The summed E-state index contributed by atoms with van der Waals surface area (Å²) < 4.78 is 19.7. The maximum absolute atomic E-state index is 13.6. The third-order valence-electron chi connectivity index (χ3n) is 3.48. The molecule has 1 saturated heterocycles. The second kappa shape index (κ2) is 10.0. The Hall–Kier alpha value is -1.26. The molecule has 0 aliphatic carbocycles. The van der Waals surface area contributed by atoms with E-state index in [9.17, 15) is 9.18 Å². The van der Waals surface area contributed by atoms with E-state index in [0.717, 1.165) is 42.9 Å². The Kier molecular flexibility index (Phi) is 8.04. The van der Waals surface area contributed by atoms with Gasteiger partial charge in [0.2, 0.25) is 5.13 Å². The van der Waals surface area contributed by atoms with Gasteiger partial charge < -0.3 is 4.74 Å². The number of hydrogen-bond donors (Lipinski definition) is 1. The van der Waals surface area contributed by atoms with Crippen LogP contribution in [0.15, 0.2) is 28.6 Å². The second-order valence-corrected chi connectivity index (χ2v) is 7.43. The predicted molar refractivity (Wildman–Crippen MR) is 99.5 cm³/mol. The molecule has 25 heavy (non-hydrogen) atoms. The molecule has 1 amide bonds. The van der Waals surface area contributed by atoms with Crippen LogP contribution in [0.3, 0.4) is 0 Å². The Labute approximate surface area is 159 Å². The average Bonchev–Trinajstić information content (AvgIpc) is 3.03. The molecule has 2 aromatic rings. The van der Waals surface area contributed by atoms with E-state index in [0.29, 0.717) is 5.13 Å². The predicted octanol–water partition coefficient (Wildman–Crippen LogP) is 2.78. The fourth-order valence-corrected chi connectivity index (χ4v) is 4.03. The van der Waals surface area contributed by atoms with E-state index in [4.69, 9.17) is 4.74 Å². The number of thioether (sulfide) groups is 1. The number of rotatable bonds is 6. The highest BCUT2D eigenvalue weighted by atomic mass is 35.5. The zero-order valence-corrected chi connectivity index (χ0v) is 15.8. The highest BCUT2D eigenvalue weighted by Crippen LogP contribution is 2.26. The summed E-state index contributed by atoms with van der Waals surface area (Å²) in [5.74, 6) is -0.177. The summed E-state index contributed by atoms with van der Waals surface area (Å²) in [4.78, 5) is 14.4. The van der Waals surface area contributed by atoms with E-state index >= 15 is 0 Å². The van der Waals surface area contributed by atoms with Crippen LogP contribution in [0.25, 0.3) is 0 Å². The number of morpholine rings is 1. The number of benzene rings is 1. The van der Waals surface area contributed by atoms with Crippen molar-refractivity contribution in [3.63, 3.8) is 0 Å². The topological polar surface area (TPSA) is 67.4 Å². The van der Waals surface area contributed by atoms with Gasteiger partial charge in [-0.1, -0.05) is 35.2 Å².